The van der Waals surface area contributed by atoms with Gasteiger partial charge in [-0.15, -0.1) is 0 Å². The van der Waals surface area contributed by atoms with Crippen LogP contribution in [0.5, 0.6) is 0 Å². The summed E-state index contributed by atoms with van der Waals surface area (Å²) in [5.74, 6) is 0. The average molecular weight is 238 g/mol. The molecule has 0 nitrogen and oxygen atoms in total. The van der Waals surface area contributed by atoms with Gasteiger partial charge in [-0.25, -0.2) is 0 Å². The van der Waals surface area contributed by atoms with Crippen LogP contribution in [0.4, 0.5) is 0 Å². The highest BCUT2D eigenvalue weighted by atomic mass is 14.3. The molecular weight excluding hydrogens is 216 g/mol. The number of benzene rings is 2. The van der Waals surface area contributed by atoms with Crippen LogP contribution < -0.4 is 0 Å². The lowest BCUT2D eigenvalue weighted by Gasteiger charge is -2.33. The number of fused-ring (bicyclic) bond motifs is 3. The van der Waals surface area contributed by atoms with E-state index in [4.69, 9.17) is 0 Å². The highest BCUT2D eigenvalue weighted by Crippen LogP contribution is 2.40. The molecule has 1 aliphatic rings. The van der Waals surface area contributed by atoms with E-state index in [1.54, 1.807) is 11.1 Å². The average Bonchev–Trinajstić information content (AvgIpc) is 2.33. The molecule has 94 valence electrons. The molecule has 2 aromatic carbocycles. The van der Waals surface area contributed by atoms with Crippen molar-refractivity contribution in [2.75, 3.05) is 0 Å². The molecule has 0 saturated heterocycles. The molecule has 0 atom stereocenters. The molecule has 18 heavy (non-hydrogen) atoms. The number of rotatable bonds is 0. The smallest absolute Gasteiger partial charge is 0.0100 e. The third kappa shape index (κ3) is 1.59. The van der Waals surface area contributed by atoms with E-state index in [2.05, 4.69) is 52.0 Å². The molecule has 0 amide bonds. The fourth-order valence-corrected chi connectivity index (χ4v) is 3.47. The first kappa shape index (κ1) is 11.8. The van der Waals surface area contributed by atoms with E-state index in [0.29, 0.717) is 5.41 Å². The van der Waals surface area contributed by atoms with Crippen molar-refractivity contribution in [2.45, 2.75) is 52.4 Å². The van der Waals surface area contributed by atoms with Gasteiger partial charge in [0.25, 0.3) is 0 Å². The lowest BCUT2D eigenvalue weighted by atomic mass is 9.71. The third-order valence-electron chi connectivity index (χ3n) is 4.81. The molecule has 0 N–H and O–H groups in total. The lowest BCUT2D eigenvalue weighted by Crippen LogP contribution is -2.23. The van der Waals surface area contributed by atoms with E-state index >= 15 is 0 Å². The summed E-state index contributed by atoms with van der Waals surface area (Å²) < 4.78 is 0. The fourth-order valence-electron chi connectivity index (χ4n) is 3.47. The molecule has 0 bridgehead atoms. The van der Waals surface area contributed by atoms with Crippen molar-refractivity contribution in [2.24, 2.45) is 0 Å². The molecule has 0 fully saturated rings. The highest BCUT2D eigenvalue weighted by Gasteiger charge is 2.28. The second-order valence-corrected chi connectivity index (χ2v) is 6.43. The second-order valence-electron chi connectivity index (χ2n) is 6.43. The molecule has 0 saturated carbocycles. The van der Waals surface area contributed by atoms with Gasteiger partial charge in [-0.2, -0.15) is 0 Å². The predicted molar refractivity (Wildman–Crippen MR) is 79.4 cm³/mol. The molecule has 3 rings (SSSR count). The normalized spacial score (nSPS) is 17.8. The topological polar surface area (TPSA) is 0 Å². The largest absolute Gasteiger partial charge is 0.0584 e. The summed E-state index contributed by atoms with van der Waals surface area (Å²) in [6.07, 6.45) is 3.89. The number of hydrogen-bond donors (Lipinski definition) is 0. The van der Waals surface area contributed by atoms with E-state index in [0.717, 1.165) is 0 Å². The van der Waals surface area contributed by atoms with Crippen LogP contribution in [0.3, 0.4) is 0 Å². The third-order valence-corrected chi connectivity index (χ3v) is 4.81. The maximum atomic E-state index is 2.39. The van der Waals surface area contributed by atoms with Gasteiger partial charge in [0.2, 0.25) is 0 Å². The zero-order valence-corrected chi connectivity index (χ0v) is 11.9. The molecule has 1 aliphatic carbocycles. The van der Waals surface area contributed by atoms with Gasteiger partial charge in [0.05, 0.1) is 0 Å². The number of hydrogen-bond acceptors (Lipinski definition) is 0. The minimum atomic E-state index is 0.348. The molecule has 0 unspecified atom stereocenters. The fraction of sp³-hybridized carbons (Fsp3) is 0.444. The monoisotopic (exact) mass is 238 g/mol. The van der Waals surface area contributed by atoms with Gasteiger partial charge in [0, 0.05) is 0 Å². The Bertz CT molecular complexity index is 617. The van der Waals surface area contributed by atoms with E-state index in [9.17, 15) is 0 Å². The number of aryl methyl sites for hydroxylation is 3. The summed E-state index contributed by atoms with van der Waals surface area (Å²) >= 11 is 0. The van der Waals surface area contributed by atoms with Crippen LogP contribution in [0.25, 0.3) is 10.8 Å². The van der Waals surface area contributed by atoms with Crippen molar-refractivity contribution in [1.82, 2.24) is 0 Å². The molecule has 0 heteroatoms. The first-order valence-corrected chi connectivity index (χ1v) is 7.03. The van der Waals surface area contributed by atoms with Gasteiger partial charge in [0.15, 0.2) is 0 Å². The standard InChI is InChI=1S/C18H22/c1-12-7-8-15-14(13(12)2)9-10-17-16(15)6-5-11-18(17,3)4/h7-10H,5-6,11H2,1-4H3. The molecule has 0 aliphatic heterocycles. The predicted octanol–water partition coefficient (Wildman–Crippen LogP) is 5.07. The van der Waals surface area contributed by atoms with Gasteiger partial charge in [-0.3, -0.25) is 0 Å². The summed E-state index contributed by atoms with van der Waals surface area (Å²) in [5, 5.41) is 2.94. The summed E-state index contributed by atoms with van der Waals surface area (Å²) in [7, 11) is 0. The maximum Gasteiger partial charge on any atom is -0.0100 e. The summed E-state index contributed by atoms with van der Waals surface area (Å²) in [6.45, 7) is 9.23. The lowest BCUT2D eigenvalue weighted by molar-refractivity contribution is 0.433. The second kappa shape index (κ2) is 3.85. The van der Waals surface area contributed by atoms with Crippen LogP contribution >= 0.6 is 0 Å². The van der Waals surface area contributed by atoms with Crippen molar-refractivity contribution < 1.29 is 0 Å². The molecule has 0 heterocycles. The Morgan fingerprint density at radius 3 is 2.44 bits per heavy atom. The zero-order chi connectivity index (χ0) is 12.9. The van der Waals surface area contributed by atoms with Crippen LogP contribution in [-0.4, -0.2) is 0 Å². The van der Waals surface area contributed by atoms with E-state index < -0.39 is 0 Å². The molecule has 2 aromatic rings. The first-order valence-electron chi connectivity index (χ1n) is 7.03. The SMILES string of the molecule is Cc1ccc2c3c(ccc2c1C)C(C)(C)CCC3. The Morgan fingerprint density at radius 1 is 0.944 bits per heavy atom. The van der Waals surface area contributed by atoms with Crippen molar-refractivity contribution in [3.63, 3.8) is 0 Å². The first-order chi connectivity index (χ1) is 8.50. The van der Waals surface area contributed by atoms with Gasteiger partial charge in [-0.1, -0.05) is 38.1 Å². The van der Waals surface area contributed by atoms with Crippen molar-refractivity contribution in [3.05, 3.63) is 46.5 Å². The maximum absolute atomic E-state index is 2.39. The summed E-state index contributed by atoms with van der Waals surface area (Å²) in [6, 6.07) is 9.32. The molecule has 0 spiro atoms. The van der Waals surface area contributed by atoms with Gasteiger partial charge in [-0.05, 0) is 71.6 Å². The van der Waals surface area contributed by atoms with Crippen molar-refractivity contribution >= 4 is 10.8 Å². The van der Waals surface area contributed by atoms with Crippen LogP contribution in [0.1, 0.15) is 48.9 Å². The van der Waals surface area contributed by atoms with Crippen LogP contribution in [0.15, 0.2) is 24.3 Å². The van der Waals surface area contributed by atoms with Crippen molar-refractivity contribution in [1.29, 1.82) is 0 Å². The van der Waals surface area contributed by atoms with Gasteiger partial charge in [0.1, 0.15) is 0 Å². The van der Waals surface area contributed by atoms with Gasteiger partial charge >= 0.3 is 0 Å². The van der Waals surface area contributed by atoms with Crippen LogP contribution in [0.2, 0.25) is 0 Å². The minimum absolute atomic E-state index is 0.348. The Hall–Kier alpha value is -1.30. The minimum Gasteiger partial charge on any atom is -0.0584 e. The summed E-state index contributed by atoms with van der Waals surface area (Å²) in [5.41, 5.74) is 6.37. The van der Waals surface area contributed by atoms with Crippen LogP contribution in [-0.2, 0) is 11.8 Å². The van der Waals surface area contributed by atoms with Crippen LogP contribution in [0, 0.1) is 13.8 Å². The highest BCUT2D eigenvalue weighted by molar-refractivity contribution is 5.90. The Balaban J connectivity index is 2.37. The van der Waals surface area contributed by atoms with Gasteiger partial charge < -0.3 is 0 Å². The zero-order valence-electron chi connectivity index (χ0n) is 11.9. The Labute approximate surface area is 110 Å². The Kier molecular flexibility index (Phi) is 2.52. The van der Waals surface area contributed by atoms with E-state index in [1.807, 2.05) is 0 Å². The van der Waals surface area contributed by atoms with Crippen molar-refractivity contribution in [3.8, 4) is 0 Å². The molecular formula is C18H22. The Morgan fingerprint density at radius 2 is 1.67 bits per heavy atom. The molecule has 0 aromatic heterocycles. The van der Waals surface area contributed by atoms with E-state index in [-0.39, 0.29) is 0 Å². The summed E-state index contributed by atoms with van der Waals surface area (Å²) in [4.78, 5) is 0. The van der Waals surface area contributed by atoms with E-state index in [1.165, 1.54) is 41.2 Å². The molecule has 0 radical (unpaired) electrons. The quantitative estimate of drug-likeness (QED) is 0.601.